The summed E-state index contributed by atoms with van der Waals surface area (Å²) in [7, 11) is 0. The van der Waals surface area contributed by atoms with Gasteiger partial charge in [-0.2, -0.15) is 0 Å². The molecule has 1 fully saturated rings. The number of piperidine rings is 1. The number of carbonyl (C=O) groups is 1. The van der Waals surface area contributed by atoms with E-state index in [2.05, 4.69) is 11.6 Å². The molecule has 0 bridgehead atoms. The van der Waals surface area contributed by atoms with Gasteiger partial charge in [-0.15, -0.1) is 6.58 Å². The molecule has 2 heterocycles. The molecule has 5 heteroatoms. The number of carbonyl (C=O) groups excluding carboxylic acids is 1. The Morgan fingerprint density at radius 3 is 2.95 bits per heavy atom. The summed E-state index contributed by atoms with van der Waals surface area (Å²) in [5, 5.41) is 0. The highest BCUT2D eigenvalue weighted by Gasteiger charge is 2.32. The van der Waals surface area contributed by atoms with Gasteiger partial charge < -0.3 is 9.30 Å². The van der Waals surface area contributed by atoms with E-state index >= 15 is 0 Å². The Morgan fingerprint density at radius 1 is 1.52 bits per heavy atom. The monoisotopic (exact) mass is 291 g/mol. The van der Waals surface area contributed by atoms with Gasteiger partial charge in [-0.3, -0.25) is 4.90 Å². The maximum absolute atomic E-state index is 12.4. The molecule has 1 aromatic rings. The fraction of sp³-hybridized carbons (Fsp3) is 0.625. The Bertz CT molecular complexity index is 502. The van der Waals surface area contributed by atoms with Crippen molar-refractivity contribution in [3.63, 3.8) is 0 Å². The van der Waals surface area contributed by atoms with Crippen LogP contribution in [0.2, 0.25) is 0 Å². The van der Waals surface area contributed by atoms with E-state index < -0.39 is 5.60 Å². The number of amides is 1. The molecule has 1 amide bonds. The lowest BCUT2D eigenvalue weighted by Gasteiger charge is -2.36. The molecule has 5 nitrogen and oxygen atoms in total. The first-order chi connectivity index (χ1) is 9.92. The SMILES string of the molecule is C=CCn1cncc1C1CCCCN1C(=O)OC(C)(C)C. The van der Waals surface area contributed by atoms with Crippen molar-refractivity contribution in [1.82, 2.24) is 14.5 Å². The third-order valence-electron chi connectivity index (χ3n) is 3.54. The predicted octanol–water partition coefficient (Wildman–Crippen LogP) is 3.53. The number of rotatable bonds is 3. The highest BCUT2D eigenvalue weighted by atomic mass is 16.6. The first-order valence-electron chi connectivity index (χ1n) is 7.53. The summed E-state index contributed by atoms with van der Waals surface area (Å²) < 4.78 is 7.58. The van der Waals surface area contributed by atoms with E-state index in [1.165, 1.54) is 0 Å². The predicted molar refractivity (Wildman–Crippen MR) is 82.0 cm³/mol. The Balaban J connectivity index is 2.20. The molecule has 0 saturated carbocycles. The molecule has 0 spiro atoms. The summed E-state index contributed by atoms with van der Waals surface area (Å²) in [6.45, 7) is 10.9. The number of allylic oxidation sites excluding steroid dienone is 1. The van der Waals surface area contributed by atoms with Crippen molar-refractivity contribution in [2.24, 2.45) is 0 Å². The minimum absolute atomic E-state index is 0.0380. The highest BCUT2D eigenvalue weighted by Crippen LogP contribution is 2.32. The Labute approximate surface area is 126 Å². The maximum atomic E-state index is 12.4. The number of hydrogen-bond donors (Lipinski definition) is 0. The summed E-state index contributed by atoms with van der Waals surface area (Å²) >= 11 is 0. The highest BCUT2D eigenvalue weighted by molar-refractivity contribution is 5.69. The van der Waals surface area contributed by atoms with E-state index in [9.17, 15) is 4.79 Å². The number of likely N-dealkylation sites (tertiary alicyclic amines) is 1. The second-order valence-corrected chi connectivity index (χ2v) is 6.44. The number of aromatic nitrogens is 2. The van der Waals surface area contributed by atoms with Crippen molar-refractivity contribution in [3.05, 3.63) is 30.9 Å². The molecule has 1 saturated heterocycles. The average Bonchev–Trinajstić information content (AvgIpc) is 2.85. The third-order valence-corrected chi connectivity index (χ3v) is 3.54. The Hall–Kier alpha value is -1.78. The molecule has 21 heavy (non-hydrogen) atoms. The molecular formula is C16H25N3O2. The third kappa shape index (κ3) is 3.86. The molecule has 0 radical (unpaired) electrons. The van der Waals surface area contributed by atoms with Gasteiger partial charge in [0.1, 0.15) is 5.60 Å². The van der Waals surface area contributed by atoms with Crippen LogP contribution in [-0.2, 0) is 11.3 Å². The van der Waals surface area contributed by atoms with Crippen molar-refractivity contribution in [1.29, 1.82) is 0 Å². The maximum Gasteiger partial charge on any atom is 0.410 e. The van der Waals surface area contributed by atoms with E-state index in [0.29, 0.717) is 6.54 Å². The van der Waals surface area contributed by atoms with Crippen LogP contribution in [0.25, 0.3) is 0 Å². The number of nitrogens with zero attached hydrogens (tertiary/aromatic N) is 3. The molecule has 0 aromatic carbocycles. The molecule has 2 rings (SSSR count). The average molecular weight is 291 g/mol. The van der Waals surface area contributed by atoms with Crippen LogP contribution in [0.1, 0.15) is 51.8 Å². The topological polar surface area (TPSA) is 47.4 Å². The summed E-state index contributed by atoms with van der Waals surface area (Å²) in [4.78, 5) is 18.5. The van der Waals surface area contributed by atoms with Crippen LogP contribution in [0, 0.1) is 0 Å². The minimum Gasteiger partial charge on any atom is -0.444 e. The second kappa shape index (κ2) is 6.33. The fourth-order valence-electron chi connectivity index (χ4n) is 2.68. The quantitative estimate of drug-likeness (QED) is 0.800. The van der Waals surface area contributed by atoms with E-state index in [-0.39, 0.29) is 12.1 Å². The number of imidazole rings is 1. The van der Waals surface area contributed by atoms with Gasteiger partial charge in [0.2, 0.25) is 0 Å². The molecule has 1 unspecified atom stereocenters. The van der Waals surface area contributed by atoms with Gasteiger partial charge in [0, 0.05) is 13.1 Å². The lowest BCUT2D eigenvalue weighted by molar-refractivity contribution is 0.00865. The van der Waals surface area contributed by atoms with Crippen LogP contribution in [0.15, 0.2) is 25.2 Å². The zero-order chi connectivity index (χ0) is 15.5. The summed E-state index contributed by atoms with van der Waals surface area (Å²) in [5.74, 6) is 0. The van der Waals surface area contributed by atoms with Crippen LogP contribution in [0.3, 0.4) is 0 Å². The number of ether oxygens (including phenoxy) is 1. The smallest absolute Gasteiger partial charge is 0.410 e. The summed E-state index contributed by atoms with van der Waals surface area (Å²) in [6, 6.07) is 0.0380. The molecule has 1 atom stereocenters. The Morgan fingerprint density at radius 2 is 2.29 bits per heavy atom. The van der Waals surface area contributed by atoms with Crippen LogP contribution >= 0.6 is 0 Å². The van der Waals surface area contributed by atoms with Gasteiger partial charge in [0.25, 0.3) is 0 Å². The van der Waals surface area contributed by atoms with E-state index in [0.717, 1.165) is 31.5 Å². The lowest BCUT2D eigenvalue weighted by Crippen LogP contribution is -2.42. The fourth-order valence-corrected chi connectivity index (χ4v) is 2.68. The minimum atomic E-state index is -0.472. The van der Waals surface area contributed by atoms with E-state index in [1.54, 1.807) is 6.33 Å². The van der Waals surface area contributed by atoms with Crippen LogP contribution in [0.4, 0.5) is 4.79 Å². The van der Waals surface area contributed by atoms with Gasteiger partial charge in [0.05, 0.1) is 24.3 Å². The van der Waals surface area contributed by atoms with Crippen molar-refractivity contribution < 1.29 is 9.53 Å². The molecule has 1 aliphatic rings. The first kappa shape index (κ1) is 15.6. The van der Waals surface area contributed by atoms with Crippen LogP contribution < -0.4 is 0 Å². The van der Waals surface area contributed by atoms with Crippen LogP contribution in [-0.4, -0.2) is 32.7 Å². The van der Waals surface area contributed by atoms with Gasteiger partial charge in [-0.25, -0.2) is 9.78 Å². The zero-order valence-electron chi connectivity index (χ0n) is 13.2. The van der Waals surface area contributed by atoms with Crippen molar-refractivity contribution in [2.75, 3.05) is 6.54 Å². The van der Waals surface area contributed by atoms with E-state index in [1.807, 2.05) is 42.5 Å². The number of hydrogen-bond acceptors (Lipinski definition) is 3. The van der Waals surface area contributed by atoms with Gasteiger partial charge in [-0.1, -0.05) is 6.08 Å². The zero-order valence-corrected chi connectivity index (χ0v) is 13.2. The van der Waals surface area contributed by atoms with Crippen LogP contribution in [0.5, 0.6) is 0 Å². The first-order valence-corrected chi connectivity index (χ1v) is 7.53. The molecule has 1 aromatic heterocycles. The van der Waals surface area contributed by atoms with Crippen molar-refractivity contribution in [3.8, 4) is 0 Å². The standard InChI is InChI=1S/C16H25N3O2/c1-5-9-18-12-17-11-14(18)13-8-6-7-10-19(13)15(20)21-16(2,3)4/h5,11-13H,1,6-10H2,2-4H3. The normalized spacial score (nSPS) is 19.4. The summed E-state index contributed by atoms with van der Waals surface area (Å²) in [5.41, 5.74) is 0.584. The van der Waals surface area contributed by atoms with E-state index in [4.69, 9.17) is 4.74 Å². The molecule has 0 N–H and O–H groups in total. The lowest BCUT2D eigenvalue weighted by atomic mass is 10.00. The molecule has 116 valence electrons. The summed E-state index contributed by atoms with van der Waals surface area (Å²) in [6.07, 6.45) is 8.32. The second-order valence-electron chi connectivity index (χ2n) is 6.44. The van der Waals surface area contributed by atoms with Gasteiger partial charge in [-0.05, 0) is 40.0 Å². The Kier molecular flexibility index (Phi) is 4.70. The molecule has 0 aliphatic carbocycles. The van der Waals surface area contributed by atoms with Gasteiger partial charge in [0.15, 0.2) is 0 Å². The largest absolute Gasteiger partial charge is 0.444 e. The van der Waals surface area contributed by atoms with Crippen molar-refractivity contribution in [2.45, 2.75) is 58.2 Å². The molecule has 1 aliphatic heterocycles. The van der Waals surface area contributed by atoms with Crippen molar-refractivity contribution >= 4 is 6.09 Å². The van der Waals surface area contributed by atoms with Gasteiger partial charge >= 0.3 is 6.09 Å². The molecular weight excluding hydrogens is 266 g/mol.